The van der Waals surface area contributed by atoms with Crippen LogP contribution in [0, 0.1) is 29.1 Å². The molecule has 0 spiro atoms. The zero-order valence-electron chi connectivity index (χ0n) is 33.1. The molecule has 0 radical (unpaired) electrons. The van der Waals surface area contributed by atoms with Gasteiger partial charge < -0.3 is 26.2 Å². The van der Waals surface area contributed by atoms with Gasteiger partial charge in [-0.1, -0.05) is 66.7 Å². The van der Waals surface area contributed by atoms with E-state index in [9.17, 15) is 32.4 Å². The lowest BCUT2D eigenvalue weighted by molar-refractivity contribution is -0.144. The third-order valence-electron chi connectivity index (χ3n) is 11.5. The van der Waals surface area contributed by atoms with E-state index in [1.807, 2.05) is 20.8 Å². The van der Waals surface area contributed by atoms with E-state index in [-0.39, 0.29) is 17.6 Å². The summed E-state index contributed by atoms with van der Waals surface area (Å²) < 4.78 is 25.7. The first-order valence-electron chi connectivity index (χ1n) is 19.9. The minimum absolute atomic E-state index is 0.172. The number of carbonyl (C=O) groups is 5. The van der Waals surface area contributed by atoms with Crippen LogP contribution in [0.2, 0.25) is 0 Å². The Balaban J connectivity index is 1.54. The van der Waals surface area contributed by atoms with Crippen molar-refractivity contribution in [3.8, 4) is 0 Å². The zero-order chi connectivity index (χ0) is 38.6. The van der Waals surface area contributed by atoms with Gasteiger partial charge in [0.15, 0.2) is 9.84 Å². The average Bonchev–Trinajstić information content (AvgIpc) is 3.97. The van der Waals surface area contributed by atoms with Gasteiger partial charge in [-0.25, -0.2) is 13.2 Å². The smallest absolute Gasteiger partial charge is 0.315 e. The number of ketones is 1. The summed E-state index contributed by atoms with van der Waals surface area (Å²) in [5.41, 5.74) is -1.71. The van der Waals surface area contributed by atoms with E-state index in [1.165, 1.54) is 0 Å². The molecule has 12 nitrogen and oxygen atoms in total. The molecule has 4 fully saturated rings. The van der Waals surface area contributed by atoms with Crippen LogP contribution in [0.25, 0.3) is 0 Å². The Morgan fingerprint density at radius 1 is 0.846 bits per heavy atom. The fourth-order valence-corrected chi connectivity index (χ4v) is 9.31. The molecule has 4 rings (SSSR count). The fraction of sp³-hybridized carbons (Fsp3) is 0.872. The molecule has 1 heterocycles. The van der Waals surface area contributed by atoms with Crippen molar-refractivity contribution < 1.29 is 32.4 Å². The Hall–Kier alpha value is -2.70. The van der Waals surface area contributed by atoms with Crippen molar-refractivity contribution in [1.82, 2.24) is 26.2 Å². The number of hydrogen-bond donors (Lipinski definition) is 4. The van der Waals surface area contributed by atoms with Crippen LogP contribution in [0.1, 0.15) is 139 Å². The SMILES string of the molecule is CC(C)C[C@H]1CCN(C(=O)[C@@H](NC(=O)NC2(CS(=O)(=O)C(C)(C)C)CCCCC2)C(C)(C)C)[C@@H]1C(=O)N[C@@H](CCC1CC1)C(=O)C(=O)NCC1CC1. The van der Waals surface area contributed by atoms with Crippen LogP contribution in [0.15, 0.2) is 0 Å². The summed E-state index contributed by atoms with van der Waals surface area (Å²) in [5, 5.41) is 11.6. The number of carbonyl (C=O) groups excluding carboxylic acids is 5. The topological polar surface area (TPSA) is 171 Å². The molecule has 3 saturated carbocycles. The molecule has 0 aromatic rings. The Labute approximate surface area is 312 Å². The molecule has 1 saturated heterocycles. The molecule has 4 atom stereocenters. The first-order chi connectivity index (χ1) is 24.1. The first-order valence-corrected chi connectivity index (χ1v) is 21.5. The maximum absolute atomic E-state index is 14.6. The van der Waals surface area contributed by atoms with Crippen LogP contribution < -0.4 is 21.3 Å². The number of nitrogens with one attached hydrogen (secondary N) is 4. The monoisotopic (exact) mass is 749 g/mol. The minimum atomic E-state index is -3.56. The number of urea groups is 1. The molecule has 0 unspecified atom stereocenters. The average molecular weight is 750 g/mol. The molecule has 4 N–H and O–H groups in total. The van der Waals surface area contributed by atoms with Crippen molar-refractivity contribution >= 4 is 39.4 Å². The largest absolute Gasteiger partial charge is 0.349 e. The summed E-state index contributed by atoms with van der Waals surface area (Å²) in [6.07, 6.45) is 10.2. The molecule has 4 aliphatic rings. The predicted molar refractivity (Wildman–Crippen MR) is 202 cm³/mol. The molecule has 52 heavy (non-hydrogen) atoms. The lowest BCUT2D eigenvalue weighted by Gasteiger charge is -2.41. The molecule has 296 valence electrons. The summed E-state index contributed by atoms with van der Waals surface area (Å²) in [4.78, 5) is 70.6. The number of likely N-dealkylation sites (tertiary alicyclic amines) is 1. The van der Waals surface area contributed by atoms with Crippen LogP contribution in [0.5, 0.6) is 0 Å². The quantitative estimate of drug-likeness (QED) is 0.167. The Morgan fingerprint density at radius 2 is 1.46 bits per heavy atom. The van der Waals surface area contributed by atoms with Gasteiger partial charge in [0.2, 0.25) is 17.6 Å². The van der Waals surface area contributed by atoms with Crippen molar-refractivity contribution in [2.24, 2.45) is 29.1 Å². The van der Waals surface area contributed by atoms with Crippen molar-refractivity contribution in [2.45, 2.75) is 167 Å². The van der Waals surface area contributed by atoms with Gasteiger partial charge in [0, 0.05) is 13.1 Å². The number of rotatable bonds is 16. The van der Waals surface area contributed by atoms with Gasteiger partial charge in [-0.15, -0.1) is 0 Å². The van der Waals surface area contributed by atoms with Gasteiger partial charge in [-0.2, -0.15) is 0 Å². The van der Waals surface area contributed by atoms with Crippen molar-refractivity contribution in [1.29, 1.82) is 0 Å². The van der Waals surface area contributed by atoms with Crippen LogP contribution in [-0.4, -0.2) is 90.1 Å². The van der Waals surface area contributed by atoms with Crippen molar-refractivity contribution in [2.75, 3.05) is 18.8 Å². The standard InChI is InChI=1S/C39H67N5O7S/c1-25(2)22-28-18-21-44(30(28)33(46)41-29(17-16-26-12-13-26)31(45)34(47)40-23-27-14-15-27)35(48)32(37(3,4)5)42-36(49)43-39(19-10-9-11-20-39)24-52(50,51)38(6,7)8/h25-30,32H,9-24H2,1-8H3,(H,40,47)(H,41,46)(H2,42,43,49)/t28-,29+,30+,32-/m1/s1. The van der Waals surface area contributed by atoms with Gasteiger partial charge in [0.05, 0.1) is 22.1 Å². The van der Waals surface area contributed by atoms with Crippen molar-refractivity contribution in [3.63, 3.8) is 0 Å². The van der Waals surface area contributed by atoms with E-state index in [1.54, 1.807) is 25.7 Å². The maximum atomic E-state index is 14.6. The Kier molecular flexibility index (Phi) is 13.6. The van der Waals surface area contributed by atoms with Gasteiger partial charge in [0.25, 0.3) is 5.91 Å². The van der Waals surface area contributed by atoms with Crippen LogP contribution in [0.4, 0.5) is 4.79 Å². The highest BCUT2D eigenvalue weighted by Crippen LogP contribution is 2.36. The van der Waals surface area contributed by atoms with Crippen LogP contribution in [-0.2, 0) is 29.0 Å². The summed E-state index contributed by atoms with van der Waals surface area (Å²) >= 11 is 0. The fourth-order valence-electron chi connectivity index (χ4n) is 7.79. The van der Waals surface area contributed by atoms with E-state index in [4.69, 9.17) is 0 Å². The van der Waals surface area contributed by atoms with E-state index in [0.29, 0.717) is 57.0 Å². The van der Waals surface area contributed by atoms with E-state index in [2.05, 4.69) is 35.1 Å². The summed E-state index contributed by atoms with van der Waals surface area (Å²) in [6.45, 7) is 15.4. The second-order valence-corrected chi connectivity index (χ2v) is 21.6. The maximum Gasteiger partial charge on any atom is 0.315 e. The molecular weight excluding hydrogens is 683 g/mol. The highest BCUT2D eigenvalue weighted by atomic mass is 32.2. The lowest BCUT2D eigenvalue weighted by Crippen LogP contribution is -2.64. The zero-order valence-corrected chi connectivity index (χ0v) is 33.9. The molecule has 13 heteroatoms. The molecule has 0 aromatic heterocycles. The molecule has 0 bridgehead atoms. The Morgan fingerprint density at radius 3 is 2.00 bits per heavy atom. The molecule has 5 amide bonds. The van der Waals surface area contributed by atoms with Gasteiger partial charge in [0.1, 0.15) is 12.1 Å². The van der Waals surface area contributed by atoms with Gasteiger partial charge >= 0.3 is 6.03 Å². The van der Waals surface area contributed by atoms with E-state index < -0.39 is 73.2 Å². The summed E-state index contributed by atoms with van der Waals surface area (Å²) in [6, 6.07) is -3.50. The molecular formula is C39H67N5O7S. The number of hydrogen-bond acceptors (Lipinski definition) is 7. The minimum Gasteiger partial charge on any atom is -0.349 e. The van der Waals surface area contributed by atoms with Crippen LogP contribution >= 0.6 is 0 Å². The predicted octanol–water partition coefficient (Wildman–Crippen LogP) is 4.65. The van der Waals surface area contributed by atoms with E-state index >= 15 is 0 Å². The van der Waals surface area contributed by atoms with Gasteiger partial charge in [-0.3, -0.25) is 19.2 Å². The molecule has 0 aromatic carbocycles. The lowest BCUT2D eigenvalue weighted by atomic mass is 9.83. The third kappa shape index (κ3) is 11.4. The highest BCUT2D eigenvalue weighted by Gasteiger charge is 2.48. The second kappa shape index (κ2) is 16.8. The van der Waals surface area contributed by atoms with Gasteiger partial charge in [-0.05, 0) is 101 Å². The highest BCUT2D eigenvalue weighted by molar-refractivity contribution is 7.92. The third-order valence-corrected chi connectivity index (χ3v) is 14.3. The Bertz CT molecular complexity index is 1420. The number of nitrogens with zero attached hydrogens (tertiary/aromatic N) is 1. The van der Waals surface area contributed by atoms with Crippen molar-refractivity contribution in [3.05, 3.63) is 0 Å². The molecule has 3 aliphatic carbocycles. The number of amides is 5. The second-order valence-electron chi connectivity index (χ2n) is 18.9. The number of sulfone groups is 1. The normalized spacial score (nSPS) is 23.4. The van der Waals surface area contributed by atoms with Crippen LogP contribution in [0.3, 0.4) is 0 Å². The first kappa shape index (κ1) is 42.0. The summed E-state index contributed by atoms with van der Waals surface area (Å²) in [5.74, 6) is -1.40. The van der Waals surface area contributed by atoms with E-state index in [0.717, 1.165) is 51.4 Å². The summed E-state index contributed by atoms with van der Waals surface area (Å²) in [7, 11) is -3.56. The number of Topliss-reactive ketones (excluding diaryl/α,β-unsaturated/α-hetero) is 1. The molecule has 1 aliphatic heterocycles.